The van der Waals surface area contributed by atoms with Crippen molar-refractivity contribution < 1.29 is 24.0 Å². The first-order chi connectivity index (χ1) is 9.53. The number of amides is 1. The molecule has 0 radical (unpaired) electrons. The Labute approximate surface area is 113 Å². The first-order valence-electron chi connectivity index (χ1n) is 6.36. The highest BCUT2D eigenvalue weighted by Gasteiger charge is 2.67. The van der Waals surface area contributed by atoms with Crippen molar-refractivity contribution in [2.24, 2.45) is 11.8 Å². The van der Waals surface area contributed by atoms with Gasteiger partial charge in [-0.25, -0.2) is 0 Å². The third kappa shape index (κ3) is 1.21. The number of carbonyl (C=O) groups excluding carboxylic acids is 1. The minimum Gasteiger partial charge on any atom is -0.481 e. The lowest BCUT2D eigenvalue weighted by molar-refractivity contribution is -0.146. The van der Waals surface area contributed by atoms with Crippen LogP contribution >= 0.6 is 0 Å². The number of ether oxygens (including phenoxy) is 1. The minimum absolute atomic E-state index is 0.240. The van der Waals surface area contributed by atoms with E-state index in [1.807, 2.05) is 6.08 Å². The van der Waals surface area contributed by atoms with Crippen molar-refractivity contribution in [3.05, 3.63) is 24.1 Å². The predicted molar refractivity (Wildman–Crippen MR) is 65.0 cm³/mol. The monoisotopic (exact) mass is 276 g/mol. The molecule has 2 fully saturated rings. The van der Waals surface area contributed by atoms with Crippen LogP contribution in [0.2, 0.25) is 0 Å². The summed E-state index contributed by atoms with van der Waals surface area (Å²) in [6, 6.07) is 0. The number of aliphatic carboxylic acids is 1. The Morgan fingerprint density at radius 3 is 3.05 bits per heavy atom. The fourth-order valence-electron chi connectivity index (χ4n) is 3.54. The van der Waals surface area contributed by atoms with E-state index in [0.29, 0.717) is 18.0 Å². The van der Waals surface area contributed by atoms with Crippen LogP contribution in [0.3, 0.4) is 0 Å². The Balaban J connectivity index is 1.78. The van der Waals surface area contributed by atoms with Crippen molar-refractivity contribution in [2.45, 2.75) is 18.6 Å². The second-order valence-corrected chi connectivity index (χ2v) is 5.43. The maximum Gasteiger partial charge on any atom is 0.310 e. The van der Waals surface area contributed by atoms with Gasteiger partial charge in [0.2, 0.25) is 5.91 Å². The van der Waals surface area contributed by atoms with E-state index in [0.717, 1.165) is 0 Å². The maximum absolute atomic E-state index is 12.6. The van der Waals surface area contributed by atoms with E-state index in [1.165, 1.54) is 11.1 Å². The van der Waals surface area contributed by atoms with Gasteiger partial charge in [-0.1, -0.05) is 17.3 Å². The molecule has 1 spiro atoms. The van der Waals surface area contributed by atoms with Crippen molar-refractivity contribution in [1.82, 2.24) is 5.16 Å². The van der Waals surface area contributed by atoms with Gasteiger partial charge in [0.15, 0.2) is 5.76 Å². The molecule has 2 bridgehead atoms. The Morgan fingerprint density at radius 2 is 2.40 bits per heavy atom. The number of aromatic nitrogens is 1. The summed E-state index contributed by atoms with van der Waals surface area (Å²) in [5.41, 5.74) is -0.252. The highest BCUT2D eigenvalue weighted by Crippen LogP contribution is 2.52. The van der Waals surface area contributed by atoms with Gasteiger partial charge in [-0.15, -0.1) is 0 Å². The first kappa shape index (κ1) is 11.7. The third-order valence-corrected chi connectivity index (χ3v) is 4.40. The van der Waals surface area contributed by atoms with Crippen molar-refractivity contribution in [2.75, 3.05) is 11.4 Å². The number of anilines is 1. The number of fused-ring (bicyclic) bond motifs is 1. The number of carbonyl (C=O) groups is 2. The van der Waals surface area contributed by atoms with Crippen LogP contribution in [0.4, 0.5) is 5.69 Å². The molecule has 7 nitrogen and oxygen atoms in total. The van der Waals surface area contributed by atoms with Gasteiger partial charge in [0.25, 0.3) is 0 Å². The van der Waals surface area contributed by atoms with Crippen LogP contribution in [-0.2, 0) is 14.3 Å². The molecule has 2 saturated heterocycles. The van der Waals surface area contributed by atoms with E-state index in [1.54, 1.807) is 13.0 Å². The van der Waals surface area contributed by atoms with Gasteiger partial charge in [0.1, 0.15) is 17.2 Å². The van der Waals surface area contributed by atoms with Gasteiger partial charge in [-0.05, 0) is 6.92 Å². The molecular formula is C13H12N2O5. The summed E-state index contributed by atoms with van der Waals surface area (Å²) in [4.78, 5) is 25.5. The van der Waals surface area contributed by atoms with Crippen LogP contribution in [0, 0.1) is 18.8 Å². The molecule has 0 aromatic carbocycles. The zero-order chi connectivity index (χ0) is 14.1. The van der Waals surface area contributed by atoms with E-state index in [2.05, 4.69) is 5.16 Å². The quantitative estimate of drug-likeness (QED) is 0.784. The highest BCUT2D eigenvalue weighted by molar-refractivity contribution is 6.02. The number of carboxylic acids is 1. The molecule has 1 N–H and O–H groups in total. The molecule has 1 amide bonds. The minimum atomic E-state index is -0.997. The van der Waals surface area contributed by atoms with Gasteiger partial charge in [0.05, 0.1) is 24.8 Å². The number of rotatable bonds is 2. The Bertz CT molecular complexity index is 651. The summed E-state index contributed by atoms with van der Waals surface area (Å²) in [6.07, 6.45) is 4.53. The Kier molecular flexibility index (Phi) is 2.03. The zero-order valence-corrected chi connectivity index (χ0v) is 10.6. The van der Waals surface area contributed by atoms with Gasteiger partial charge in [0, 0.05) is 0 Å². The van der Waals surface area contributed by atoms with Crippen LogP contribution < -0.4 is 4.90 Å². The lowest BCUT2D eigenvalue weighted by Gasteiger charge is -2.21. The van der Waals surface area contributed by atoms with Gasteiger partial charge in [-0.3, -0.25) is 9.59 Å². The first-order valence-corrected chi connectivity index (χ1v) is 6.36. The number of aryl methyl sites for hydroxylation is 1. The molecule has 104 valence electrons. The van der Waals surface area contributed by atoms with Crippen LogP contribution in [0.1, 0.15) is 5.76 Å². The summed E-state index contributed by atoms with van der Waals surface area (Å²) >= 11 is 0. The van der Waals surface area contributed by atoms with Gasteiger partial charge in [-0.2, -0.15) is 0 Å². The van der Waals surface area contributed by atoms with Crippen molar-refractivity contribution in [3.8, 4) is 0 Å². The molecule has 4 rings (SSSR count). The van der Waals surface area contributed by atoms with E-state index in [-0.39, 0.29) is 5.91 Å². The highest BCUT2D eigenvalue weighted by atomic mass is 16.5. The normalized spacial score (nSPS) is 37.8. The van der Waals surface area contributed by atoms with Crippen LogP contribution in [0.5, 0.6) is 0 Å². The molecule has 0 saturated carbocycles. The van der Waals surface area contributed by atoms with Crippen LogP contribution in [0.15, 0.2) is 22.9 Å². The predicted octanol–water partition coefficient (Wildman–Crippen LogP) is 0.354. The van der Waals surface area contributed by atoms with Crippen molar-refractivity contribution >= 4 is 17.6 Å². The van der Waals surface area contributed by atoms with E-state index in [9.17, 15) is 14.7 Å². The molecule has 3 aliphatic heterocycles. The average molecular weight is 276 g/mol. The summed E-state index contributed by atoms with van der Waals surface area (Å²) in [5.74, 6) is -2.21. The fraction of sp³-hybridized carbons (Fsp3) is 0.462. The number of hydrogen-bond acceptors (Lipinski definition) is 5. The molecule has 4 heterocycles. The standard InChI is InChI=1S/C13H12N2O5/c1-6-7(4-14-20-6)15-5-13-3-2-8(19-13)9(12(17)18)10(13)11(15)16/h2-4,8-10H,5H2,1H3,(H,17,18)/t8-,9+,10+,13-/m1/s1. The molecule has 4 atom stereocenters. The second-order valence-electron chi connectivity index (χ2n) is 5.43. The molecule has 20 heavy (non-hydrogen) atoms. The molecular weight excluding hydrogens is 264 g/mol. The molecule has 0 unspecified atom stereocenters. The van der Waals surface area contributed by atoms with Gasteiger partial charge < -0.3 is 19.3 Å². The van der Waals surface area contributed by atoms with Crippen molar-refractivity contribution in [3.63, 3.8) is 0 Å². The average Bonchev–Trinajstić information content (AvgIpc) is 3.10. The van der Waals surface area contributed by atoms with Gasteiger partial charge >= 0.3 is 5.97 Å². The number of nitrogens with zero attached hydrogens (tertiary/aromatic N) is 2. The third-order valence-electron chi connectivity index (χ3n) is 4.40. The molecule has 3 aliphatic rings. The number of hydrogen-bond donors (Lipinski definition) is 1. The van der Waals surface area contributed by atoms with Crippen LogP contribution in [-0.4, -0.2) is 40.4 Å². The SMILES string of the molecule is Cc1oncc1N1C[C@@]23C=C[C@@H](O2)[C@H](C(=O)O)[C@H]3C1=O. The van der Waals surface area contributed by atoms with E-state index in [4.69, 9.17) is 9.26 Å². The lowest BCUT2D eigenvalue weighted by atomic mass is 9.77. The van der Waals surface area contributed by atoms with Crippen LogP contribution in [0.25, 0.3) is 0 Å². The lowest BCUT2D eigenvalue weighted by Crippen LogP contribution is -2.39. The smallest absolute Gasteiger partial charge is 0.310 e. The molecule has 0 aliphatic carbocycles. The Morgan fingerprint density at radius 1 is 1.60 bits per heavy atom. The second kappa shape index (κ2) is 3.49. The summed E-state index contributed by atoms with van der Waals surface area (Å²) in [6.45, 7) is 2.01. The number of carboxylic acid groups (broad SMARTS) is 1. The van der Waals surface area contributed by atoms with Crippen molar-refractivity contribution in [1.29, 1.82) is 0 Å². The van der Waals surface area contributed by atoms with E-state index >= 15 is 0 Å². The fourth-order valence-corrected chi connectivity index (χ4v) is 3.54. The summed E-state index contributed by atoms with van der Waals surface area (Å²) < 4.78 is 10.8. The zero-order valence-electron chi connectivity index (χ0n) is 10.6. The Hall–Kier alpha value is -2.15. The molecule has 7 heteroatoms. The summed E-state index contributed by atoms with van der Waals surface area (Å²) in [5, 5.41) is 13.0. The maximum atomic E-state index is 12.6. The molecule has 1 aromatic rings. The largest absolute Gasteiger partial charge is 0.481 e. The van der Waals surface area contributed by atoms with E-state index < -0.39 is 29.5 Å². The molecule has 1 aromatic heterocycles. The summed E-state index contributed by atoms with van der Waals surface area (Å²) in [7, 11) is 0. The topological polar surface area (TPSA) is 92.9 Å².